The van der Waals surface area contributed by atoms with Gasteiger partial charge in [-0.3, -0.25) is 4.79 Å². The Bertz CT molecular complexity index is 980. The highest BCUT2D eigenvalue weighted by atomic mass is 19.1. The van der Waals surface area contributed by atoms with E-state index >= 15 is 0 Å². The molecule has 1 aliphatic rings. The van der Waals surface area contributed by atoms with Crippen LogP contribution < -0.4 is 10.6 Å². The molecule has 32 heavy (non-hydrogen) atoms. The average molecular weight is 437 g/mol. The van der Waals surface area contributed by atoms with Crippen molar-refractivity contribution in [1.82, 2.24) is 10.6 Å². The first-order valence-electron chi connectivity index (χ1n) is 10.8. The van der Waals surface area contributed by atoms with Crippen LogP contribution >= 0.6 is 0 Å². The van der Waals surface area contributed by atoms with Crippen LogP contribution in [0.1, 0.15) is 55.5 Å². The molecule has 0 heterocycles. The molecule has 0 aliphatic heterocycles. The lowest BCUT2D eigenvalue weighted by Gasteiger charge is -2.39. The molecule has 1 aliphatic carbocycles. The van der Waals surface area contributed by atoms with Crippen LogP contribution in [0.3, 0.4) is 0 Å². The first kappa shape index (κ1) is 23.3. The molecular weight excluding hydrogens is 407 g/mol. The van der Waals surface area contributed by atoms with E-state index in [0.717, 1.165) is 18.4 Å². The van der Waals surface area contributed by atoms with Crippen LogP contribution in [0.25, 0.3) is 0 Å². The van der Waals surface area contributed by atoms with E-state index in [1.807, 2.05) is 44.2 Å². The highest BCUT2D eigenvalue weighted by Crippen LogP contribution is 2.54. The third kappa shape index (κ3) is 5.67. The normalized spacial score (nSPS) is 16.7. The molecule has 0 saturated heterocycles. The van der Waals surface area contributed by atoms with Gasteiger partial charge in [0.05, 0.1) is 0 Å². The van der Waals surface area contributed by atoms with Gasteiger partial charge in [0.2, 0.25) is 0 Å². The minimum Gasteiger partial charge on any atom is -0.445 e. The van der Waals surface area contributed by atoms with E-state index < -0.39 is 17.0 Å². The molecule has 2 unspecified atom stereocenters. The van der Waals surface area contributed by atoms with Crippen LogP contribution in [0.15, 0.2) is 54.6 Å². The lowest BCUT2D eigenvalue weighted by molar-refractivity contribution is 0.0837. The van der Waals surface area contributed by atoms with E-state index in [1.54, 1.807) is 0 Å². The molecule has 0 radical (unpaired) electrons. The van der Waals surface area contributed by atoms with Crippen molar-refractivity contribution in [3.05, 3.63) is 71.5 Å². The van der Waals surface area contributed by atoms with Crippen LogP contribution in [-0.4, -0.2) is 23.6 Å². The molecule has 168 valence electrons. The topological polar surface area (TPSA) is 67.4 Å². The molecule has 2 atom stereocenters. The van der Waals surface area contributed by atoms with Crippen molar-refractivity contribution in [2.75, 3.05) is 0 Å². The zero-order valence-electron chi connectivity index (χ0n) is 18.5. The summed E-state index contributed by atoms with van der Waals surface area (Å²) in [6.07, 6.45) is 7.78. The first-order valence-corrected chi connectivity index (χ1v) is 10.8. The van der Waals surface area contributed by atoms with Crippen molar-refractivity contribution in [1.29, 1.82) is 0 Å². The second kappa shape index (κ2) is 9.86. The van der Waals surface area contributed by atoms with E-state index in [4.69, 9.17) is 11.2 Å². The Kier molecular flexibility index (Phi) is 7.19. The van der Waals surface area contributed by atoms with Gasteiger partial charge in [0.1, 0.15) is 12.4 Å². The van der Waals surface area contributed by atoms with Crippen LogP contribution in [0.5, 0.6) is 0 Å². The highest BCUT2D eigenvalue weighted by molar-refractivity contribution is 5.95. The Morgan fingerprint density at radius 1 is 1.19 bits per heavy atom. The fraction of sp³-hybridized carbons (Fsp3) is 0.385. The number of ether oxygens (including phenoxy) is 1. The van der Waals surface area contributed by atoms with Crippen molar-refractivity contribution >= 4 is 12.0 Å². The Morgan fingerprint density at radius 2 is 1.84 bits per heavy atom. The van der Waals surface area contributed by atoms with E-state index in [-0.39, 0.29) is 24.4 Å². The summed E-state index contributed by atoms with van der Waals surface area (Å²) < 4.78 is 18.5. The van der Waals surface area contributed by atoms with E-state index in [0.29, 0.717) is 18.4 Å². The molecule has 1 saturated carbocycles. The number of hydrogen-bond acceptors (Lipinski definition) is 3. The third-order valence-electron chi connectivity index (χ3n) is 6.19. The number of carbonyl (C=O) groups is 2. The maximum absolute atomic E-state index is 13.2. The van der Waals surface area contributed by atoms with Crippen molar-refractivity contribution in [3.63, 3.8) is 0 Å². The quantitative estimate of drug-likeness (QED) is 0.554. The van der Waals surface area contributed by atoms with Gasteiger partial charge in [0.15, 0.2) is 0 Å². The molecule has 0 spiro atoms. The summed E-state index contributed by atoms with van der Waals surface area (Å²) in [5.74, 6) is 2.09. The summed E-state index contributed by atoms with van der Waals surface area (Å²) in [5.41, 5.74) is 0.419. The molecule has 3 rings (SSSR count). The molecule has 1 fully saturated rings. The lowest BCUT2D eigenvalue weighted by atomic mass is 9.72. The number of amides is 2. The number of rotatable bonds is 9. The largest absolute Gasteiger partial charge is 0.445 e. The van der Waals surface area contributed by atoms with Gasteiger partial charge < -0.3 is 15.4 Å². The molecule has 2 aromatic carbocycles. The van der Waals surface area contributed by atoms with Gasteiger partial charge in [0.25, 0.3) is 5.91 Å². The first-order chi connectivity index (χ1) is 15.3. The number of nitrogens with one attached hydrogen (secondary N) is 2. The van der Waals surface area contributed by atoms with Crippen LogP contribution in [0.4, 0.5) is 9.18 Å². The standard InChI is InChI=1S/C26H29FN2O3/c1-4-14-25(3,17-19(2)28-24(31)32-18-20-8-6-5-7-9-20)26(15-16-26)29-23(30)21-10-12-22(27)13-11-21/h1,5-13,19H,14-18H2,2-3H3,(H,28,31)(H,29,30). The zero-order chi connectivity index (χ0) is 23.2. The molecule has 2 aromatic rings. The SMILES string of the molecule is C#CCC(C)(CC(C)NC(=O)OCc1ccccc1)C1(NC(=O)c2ccc(F)cc2)CC1. The summed E-state index contributed by atoms with van der Waals surface area (Å²) in [6, 6.07) is 14.7. The van der Waals surface area contributed by atoms with Gasteiger partial charge in [-0.2, -0.15) is 0 Å². The van der Waals surface area contributed by atoms with Gasteiger partial charge in [0, 0.05) is 29.0 Å². The summed E-state index contributed by atoms with van der Waals surface area (Å²) in [6.45, 7) is 4.13. The van der Waals surface area contributed by atoms with Gasteiger partial charge in [-0.05, 0) is 56.0 Å². The van der Waals surface area contributed by atoms with Gasteiger partial charge in [-0.15, -0.1) is 12.3 Å². The minimum absolute atomic E-state index is 0.193. The molecule has 5 nitrogen and oxygen atoms in total. The summed E-state index contributed by atoms with van der Waals surface area (Å²) in [4.78, 5) is 25.0. The average Bonchev–Trinajstić information content (AvgIpc) is 3.54. The number of alkyl carbamates (subject to hydrolysis) is 1. The van der Waals surface area contributed by atoms with Crippen molar-refractivity contribution in [3.8, 4) is 12.3 Å². The zero-order valence-corrected chi connectivity index (χ0v) is 18.5. The molecule has 2 N–H and O–H groups in total. The molecule has 0 bridgehead atoms. The predicted octanol–water partition coefficient (Wildman–Crippen LogP) is 4.82. The number of hydrogen-bond donors (Lipinski definition) is 2. The smallest absolute Gasteiger partial charge is 0.407 e. The number of benzene rings is 2. The van der Waals surface area contributed by atoms with Crippen LogP contribution in [0.2, 0.25) is 0 Å². The second-order valence-electron chi connectivity index (χ2n) is 8.80. The highest BCUT2D eigenvalue weighted by Gasteiger charge is 2.57. The summed E-state index contributed by atoms with van der Waals surface area (Å²) in [5, 5.41) is 6.00. The van der Waals surface area contributed by atoms with Crippen LogP contribution in [-0.2, 0) is 11.3 Å². The fourth-order valence-corrected chi connectivity index (χ4v) is 4.25. The maximum Gasteiger partial charge on any atom is 0.407 e. The Morgan fingerprint density at radius 3 is 2.44 bits per heavy atom. The monoisotopic (exact) mass is 436 g/mol. The van der Waals surface area contributed by atoms with Gasteiger partial charge in [-0.25, -0.2) is 9.18 Å². The van der Waals surface area contributed by atoms with Gasteiger partial charge in [-0.1, -0.05) is 37.3 Å². The fourth-order valence-electron chi connectivity index (χ4n) is 4.25. The van der Waals surface area contributed by atoms with E-state index in [2.05, 4.69) is 16.6 Å². The Hall–Kier alpha value is -3.33. The number of halogens is 1. The van der Waals surface area contributed by atoms with Crippen molar-refractivity contribution < 1.29 is 18.7 Å². The lowest BCUT2D eigenvalue weighted by Crippen LogP contribution is -2.51. The molecular formula is C26H29FN2O3. The molecule has 2 amide bonds. The second-order valence-corrected chi connectivity index (χ2v) is 8.80. The summed E-state index contributed by atoms with van der Waals surface area (Å²) >= 11 is 0. The van der Waals surface area contributed by atoms with Gasteiger partial charge >= 0.3 is 6.09 Å². The predicted molar refractivity (Wildman–Crippen MR) is 121 cm³/mol. The number of terminal acetylenes is 1. The minimum atomic E-state index is -0.496. The Balaban J connectivity index is 1.61. The Labute approximate surface area is 188 Å². The van der Waals surface area contributed by atoms with Crippen molar-refractivity contribution in [2.45, 2.75) is 57.7 Å². The molecule has 6 heteroatoms. The van der Waals surface area contributed by atoms with E-state index in [1.165, 1.54) is 24.3 Å². The third-order valence-corrected chi connectivity index (χ3v) is 6.19. The maximum atomic E-state index is 13.2. The number of carbonyl (C=O) groups excluding carboxylic acids is 2. The van der Waals surface area contributed by atoms with Crippen LogP contribution in [0, 0.1) is 23.6 Å². The summed E-state index contributed by atoms with van der Waals surface area (Å²) in [7, 11) is 0. The van der Waals surface area contributed by atoms with Crippen molar-refractivity contribution in [2.24, 2.45) is 5.41 Å². The molecule has 0 aromatic heterocycles. The van der Waals surface area contributed by atoms with E-state index in [9.17, 15) is 14.0 Å².